The van der Waals surface area contributed by atoms with E-state index in [4.69, 9.17) is 0 Å². The predicted molar refractivity (Wildman–Crippen MR) is 129 cm³/mol. The molecule has 1 aliphatic heterocycles. The Labute approximate surface area is 188 Å². The number of aryl methyl sites for hydroxylation is 1. The summed E-state index contributed by atoms with van der Waals surface area (Å²) in [6.07, 6.45) is 4.89. The SMILES string of the molecule is CCCc1ccc(N(C)CCC2(O)CCN(Cc3ccccc3)CC2)cc1.Cl.Cl. The Kier molecular flexibility index (Phi) is 11.1. The fourth-order valence-electron chi connectivity index (χ4n) is 3.93. The fourth-order valence-corrected chi connectivity index (χ4v) is 3.93. The molecule has 0 atom stereocenters. The lowest BCUT2D eigenvalue weighted by molar-refractivity contribution is -0.0275. The average molecular weight is 439 g/mol. The third-order valence-electron chi connectivity index (χ3n) is 5.86. The minimum atomic E-state index is -0.524. The molecule has 0 aromatic heterocycles. The molecule has 29 heavy (non-hydrogen) atoms. The molecule has 1 N–H and O–H groups in total. The fraction of sp³-hybridized carbons (Fsp3) is 0.500. The minimum absolute atomic E-state index is 0. The normalized spacial score (nSPS) is 15.8. The maximum Gasteiger partial charge on any atom is 0.0689 e. The van der Waals surface area contributed by atoms with E-state index in [0.29, 0.717) is 0 Å². The van der Waals surface area contributed by atoms with Crippen molar-refractivity contribution in [1.29, 1.82) is 0 Å². The molecule has 0 spiro atoms. The van der Waals surface area contributed by atoms with Gasteiger partial charge in [-0.3, -0.25) is 4.90 Å². The zero-order valence-electron chi connectivity index (χ0n) is 17.7. The van der Waals surface area contributed by atoms with Crippen molar-refractivity contribution < 1.29 is 5.11 Å². The Bertz CT molecular complexity index is 686. The van der Waals surface area contributed by atoms with Gasteiger partial charge in [-0.1, -0.05) is 55.8 Å². The maximum atomic E-state index is 11.0. The van der Waals surface area contributed by atoms with Gasteiger partial charge in [-0.05, 0) is 48.9 Å². The summed E-state index contributed by atoms with van der Waals surface area (Å²) in [5.41, 5.74) is 3.47. The third-order valence-corrected chi connectivity index (χ3v) is 5.86. The molecule has 3 nitrogen and oxygen atoms in total. The zero-order chi connectivity index (χ0) is 19.1. The van der Waals surface area contributed by atoms with Crippen molar-refractivity contribution in [2.24, 2.45) is 0 Å². The highest BCUT2D eigenvalue weighted by Gasteiger charge is 2.32. The van der Waals surface area contributed by atoms with Gasteiger partial charge in [0, 0.05) is 38.9 Å². The van der Waals surface area contributed by atoms with Crippen LogP contribution in [-0.4, -0.2) is 42.3 Å². The summed E-state index contributed by atoms with van der Waals surface area (Å²) in [7, 11) is 2.13. The number of hydrogen-bond donors (Lipinski definition) is 1. The summed E-state index contributed by atoms with van der Waals surface area (Å²) < 4.78 is 0. The number of hydrogen-bond acceptors (Lipinski definition) is 3. The summed E-state index contributed by atoms with van der Waals surface area (Å²) in [6.45, 7) is 6.04. The Morgan fingerprint density at radius 3 is 2.14 bits per heavy atom. The standard InChI is InChI=1S/C24H34N2O.2ClH/c1-3-7-21-10-12-23(13-11-21)25(2)17-14-24(27)15-18-26(19-16-24)20-22-8-5-4-6-9-22;;/h4-6,8-13,27H,3,7,14-20H2,1-2H3;2*1H. The van der Waals surface area contributed by atoms with E-state index in [-0.39, 0.29) is 24.8 Å². The third kappa shape index (κ3) is 7.82. The van der Waals surface area contributed by atoms with Crippen molar-refractivity contribution in [3.05, 3.63) is 65.7 Å². The quantitative estimate of drug-likeness (QED) is 0.602. The van der Waals surface area contributed by atoms with Crippen molar-refractivity contribution in [3.8, 4) is 0 Å². The van der Waals surface area contributed by atoms with Crippen LogP contribution in [0.4, 0.5) is 5.69 Å². The molecule has 0 aliphatic carbocycles. The minimum Gasteiger partial charge on any atom is -0.390 e. The summed E-state index contributed by atoms with van der Waals surface area (Å²) in [6, 6.07) is 19.5. The van der Waals surface area contributed by atoms with Crippen LogP contribution in [0.15, 0.2) is 54.6 Å². The summed E-state index contributed by atoms with van der Waals surface area (Å²) in [4.78, 5) is 4.73. The summed E-state index contributed by atoms with van der Waals surface area (Å²) >= 11 is 0. The van der Waals surface area contributed by atoms with Gasteiger partial charge in [0.2, 0.25) is 0 Å². The number of anilines is 1. The number of benzene rings is 2. The predicted octanol–water partition coefficient (Wildman–Crippen LogP) is 5.34. The van der Waals surface area contributed by atoms with E-state index >= 15 is 0 Å². The van der Waals surface area contributed by atoms with Crippen LogP contribution in [0.3, 0.4) is 0 Å². The van der Waals surface area contributed by atoms with Crippen LogP contribution in [-0.2, 0) is 13.0 Å². The molecule has 162 valence electrons. The van der Waals surface area contributed by atoms with Crippen LogP contribution < -0.4 is 4.90 Å². The van der Waals surface area contributed by atoms with Gasteiger partial charge in [0.15, 0.2) is 0 Å². The second-order valence-corrected chi connectivity index (χ2v) is 8.07. The molecular weight excluding hydrogens is 403 g/mol. The second kappa shape index (κ2) is 12.4. The first kappa shape index (κ1) is 25.8. The molecule has 0 saturated carbocycles. The maximum absolute atomic E-state index is 11.0. The number of likely N-dealkylation sites (tertiary alicyclic amines) is 1. The molecule has 0 bridgehead atoms. The van der Waals surface area contributed by atoms with Crippen molar-refractivity contribution in [2.45, 2.75) is 51.2 Å². The molecule has 2 aromatic rings. The highest BCUT2D eigenvalue weighted by Crippen LogP contribution is 2.27. The molecule has 1 aliphatic rings. The summed E-state index contributed by atoms with van der Waals surface area (Å²) in [5, 5.41) is 11.0. The van der Waals surface area contributed by atoms with E-state index in [1.165, 1.54) is 23.2 Å². The van der Waals surface area contributed by atoms with Gasteiger partial charge >= 0.3 is 0 Å². The van der Waals surface area contributed by atoms with E-state index in [1.54, 1.807) is 0 Å². The van der Waals surface area contributed by atoms with Gasteiger partial charge in [0.25, 0.3) is 0 Å². The molecular formula is C24H36Cl2N2O. The van der Waals surface area contributed by atoms with Gasteiger partial charge in [0.1, 0.15) is 0 Å². The van der Waals surface area contributed by atoms with Crippen LogP contribution in [0, 0.1) is 0 Å². The molecule has 0 unspecified atom stereocenters. The number of rotatable bonds is 8. The number of halogens is 2. The Morgan fingerprint density at radius 1 is 0.931 bits per heavy atom. The van der Waals surface area contributed by atoms with Gasteiger partial charge in [-0.25, -0.2) is 0 Å². The van der Waals surface area contributed by atoms with E-state index in [1.807, 2.05) is 0 Å². The first-order valence-corrected chi connectivity index (χ1v) is 10.4. The average Bonchev–Trinajstić information content (AvgIpc) is 2.70. The van der Waals surface area contributed by atoms with E-state index in [2.05, 4.69) is 78.4 Å². The summed E-state index contributed by atoms with van der Waals surface area (Å²) in [5.74, 6) is 0. The Morgan fingerprint density at radius 2 is 1.55 bits per heavy atom. The van der Waals surface area contributed by atoms with Gasteiger partial charge in [-0.2, -0.15) is 0 Å². The molecule has 1 heterocycles. The topological polar surface area (TPSA) is 26.7 Å². The van der Waals surface area contributed by atoms with Gasteiger partial charge in [-0.15, -0.1) is 24.8 Å². The van der Waals surface area contributed by atoms with Crippen molar-refractivity contribution >= 4 is 30.5 Å². The van der Waals surface area contributed by atoms with Crippen LogP contribution in [0.25, 0.3) is 0 Å². The van der Waals surface area contributed by atoms with E-state index in [9.17, 15) is 5.11 Å². The molecule has 3 rings (SSSR count). The van der Waals surface area contributed by atoms with Crippen molar-refractivity contribution in [1.82, 2.24) is 4.90 Å². The van der Waals surface area contributed by atoms with Crippen molar-refractivity contribution in [2.75, 3.05) is 31.6 Å². The molecule has 0 radical (unpaired) electrons. The number of nitrogens with zero attached hydrogens (tertiary/aromatic N) is 2. The molecule has 2 aromatic carbocycles. The van der Waals surface area contributed by atoms with Crippen molar-refractivity contribution in [3.63, 3.8) is 0 Å². The number of aliphatic hydroxyl groups is 1. The van der Waals surface area contributed by atoms with Gasteiger partial charge < -0.3 is 10.0 Å². The Hall–Kier alpha value is -1.26. The van der Waals surface area contributed by atoms with Gasteiger partial charge in [0.05, 0.1) is 5.60 Å². The smallest absolute Gasteiger partial charge is 0.0689 e. The monoisotopic (exact) mass is 438 g/mol. The highest BCUT2D eigenvalue weighted by molar-refractivity contribution is 5.85. The molecule has 5 heteroatoms. The lowest BCUT2D eigenvalue weighted by Crippen LogP contribution is -2.45. The lowest BCUT2D eigenvalue weighted by atomic mass is 9.88. The largest absolute Gasteiger partial charge is 0.390 e. The van der Waals surface area contributed by atoms with E-state index < -0.39 is 5.60 Å². The second-order valence-electron chi connectivity index (χ2n) is 8.07. The van der Waals surface area contributed by atoms with Crippen LogP contribution >= 0.6 is 24.8 Å². The lowest BCUT2D eigenvalue weighted by Gasteiger charge is -2.39. The first-order valence-electron chi connectivity index (χ1n) is 10.4. The highest BCUT2D eigenvalue weighted by atomic mass is 35.5. The van der Waals surface area contributed by atoms with Crippen LogP contribution in [0.5, 0.6) is 0 Å². The Balaban J connectivity index is 0.00000210. The molecule has 1 fully saturated rings. The molecule has 0 amide bonds. The van der Waals surface area contributed by atoms with E-state index in [0.717, 1.165) is 51.9 Å². The number of piperidine rings is 1. The molecule has 1 saturated heterocycles. The van der Waals surface area contributed by atoms with Crippen LogP contribution in [0.1, 0.15) is 43.7 Å². The first-order chi connectivity index (χ1) is 13.1. The zero-order valence-corrected chi connectivity index (χ0v) is 19.4. The van der Waals surface area contributed by atoms with Crippen LogP contribution in [0.2, 0.25) is 0 Å².